The average Bonchev–Trinajstić information content (AvgIpc) is 2.71. The number of carbonyl (C=O) groups excluding carboxylic acids is 1. The highest BCUT2D eigenvalue weighted by Crippen LogP contribution is 2.33. The van der Waals surface area contributed by atoms with E-state index in [0.717, 1.165) is 22.6 Å². The summed E-state index contributed by atoms with van der Waals surface area (Å²) in [5.74, 6) is 2.12. The van der Waals surface area contributed by atoms with Crippen LogP contribution in [-0.2, 0) is 4.79 Å². The van der Waals surface area contributed by atoms with Crippen molar-refractivity contribution in [2.75, 3.05) is 21.3 Å². The average molecular weight is 390 g/mol. The Kier molecular flexibility index (Phi) is 7.85. The molecular weight excluding hydrogens is 362 g/mol. The number of ether oxygens (including phenoxy) is 3. The summed E-state index contributed by atoms with van der Waals surface area (Å²) in [6.07, 6.45) is 0.811. The molecule has 27 heavy (non-hydrogen) atoms. The molecule has 0 aliphatic heterocycles. The summed E-state index contributed by atoms with van der Waals surface area (Å²) in [5.41, 5.74) is 1.06. The molecule has 0 saturated heterocycles. The predicted octanol–water partition coefficient (Wildman–Crippen LogP) is 4.46. The molecule has 2 aromatic carbocycles. The minimum atomic E-state index is -0.240. The third-order valence-corrected chi connectivity index (χ3v) is 5.37. The smallest absolute Gasteiger partial charge is 0.233 e. The Hall–Kier alpha value is -2.34. The number of rotatable bonds is 9. The Balaban J connectivity index is 2.03. The molecule has 0 aromatic heterocycles. The maximum absolute atomic E-state index is 12.7. The van der Waals surface area contributed by atoms with Crippen LogP contribution in [0.2, 0.25) is 0 Å². The quantitative estimate of drug-likeness (QED) is 0.642. The minimum Gasteiger partial charge on any atom is -0.497 e. The van der Waals surface area contributed by atoms with E-state index in [-0.39, 0.29) is 17.2 Å². The van der Waals surface area contributed by atoms with Crippen molar-refractivity contribution >= 4 is 17.7 Å². The van der Waals surface area contributed by atoms with Crippen LogP contribution in [0, 0.1) is 0 Å². The fourth-order valence-corrected chi connectivity index (χ4v) is 3.60. The second-order valence-electron chi connectivity index (χ2n) is 6.02. The van der Waals surface area contributed by atoms with Gasteiger partial charge in [0.2, 0.25) is 5.91 Å². The van der Waals surface area contributed by atoms with E-state index in [1.54, 1.807) is 21.3 Å². The molecule has 0 radical (unpaired) electrons. The Labute approximate surface area is 165 Å². The first-order valence-corrected chi connectivity index (χ1v) is 9.73. The van der Waals surface area contributed by atoms with E-state index in [9.17, 15) is 4.79 Å². The molecule has 2 rings (SSSR count). The number of nitrogens with one attached hydrogen (secondary N) is 1. The third-order valence-electron chi connectivity index (χ3n) is 4.28. The zero-order chi connectivity index (χ0) is 19.8. The number of carbonyl (C=O) groups is 1. The summed E-state index contributed by atoms with van der Waals surface area (Å²) in [7, 11) is 4.84. The third kappa shape index (κ3) is 5.57. The van der Waals surface area contributed by atoms with Crippen LogP contribution < -0.4 is 19.5 Å². The van der Waals surface area contributed by atoms with Crippen LogP contribution in [0.1, 0.15) is 31.9 Å². The van der Waals surface area contributed by atoms with Crippen LogP contribution in [-0.4, -0.2) is 32.5 Å². The number of amides is 1. The van der Waals surface area contributed by atoms with Gasteiger partial charge in [-0.3, -0.25) is 4.79 Å². The summed E-state index contributed by atoms with van der Waals surface area (Å²) in [5, 5.41) is 2.89. The molecular formula is C21H27NO4S. The molecule has 0 spiro atoms. The molecule has 0 unspecified atom stereocenters. The van der Waals surface area contributed by atoms with Crippen molar-refractivity contribution in [3.05, 3.63) is 48.0 Å². The largest absolute Gasteiger partial charge is 0.497 e. The molecule has 5 nitrogen and oxygen atoms in total. The van der Waals surface area contributed by atoms with Gasteiger partial charge in [-0.15, -0.1) is 11.8 Å². The van der Waals surface area contributed by atoms with Gasteiger partial charge in [-0.25, -0.2) is 0 Å². The molecule has 1 N–H and O–H groups in total. The Bertz CT molecular complexity index is 748. The summed E-state index contributed by atoms with van der Waals surface area (Å²) in [6, 6.07) is 13.4. The lowest BCUT2D eigenvalue weighted by Gasteiger charge is -2.20. The zero-order valence-corrected chi connectivity index (χ0v) is 17.3. The van der Waals surface area contributed by atoms with Gasteiger partial charge >= 0.3 is 0 Å². The highest BCUT2D eigenvalue weighted by molar-refractivity contribution is 8.00. The lowest BCUT2D eigenvalue weighted by Crippen LogP contribution is -2.34. The van der Waals surface area contributed by atoms with E-state index >= 15 is 0 Å². The predicted molar refractivity (Wildman–Crippen MR) is 109 cm³/mol. The van der Waals surface area contributed by atoms with Crippen molar-refractivity contribution in [1.82, 2.24) is 5.32 Å². The Morgan fingerprint density at radius 1 is 1.00 bits per heavy atom. The maximum Gasteiger partial charge on any atom is 0.233 e. The molecule has 1 amide bonds. The van der Waals surface area contributed by atoms with Gasteiger partial charge in [0.25, 0.3) is 0 Å². The van der Waals surface area contributed by atoms with E-state index in [2.05, 4.69) is 12.2 Å². The van der Waals surface area contributed by atoms with E-state index in [1.165, 1.54) is 11.8 Å². The van der Waals surface area contributed by atoms with Gasteiger partial charge in [0.15, 0.2) is 11.5 Å². The topological polar surface area (TPSA) is 56.8 Å². The monoisotopic (exact) mass is 389 g/mol. The minimum absolute atomic E-state index is 0.00236. The van der Waals surface area contributed by atoms with Crippen LogP contribution in [0.5, 0.6) is 17.2 Å². The van der Waals surface area contributed by atoms with E-state index in [1.807, 2.05) is 49.4 Å². The first kappa shape index (κ1) is 21.0. The van der Waals surface area contributed by atoms with Crippen molar-refractivity contribution in [3.63, 3.8) is 0 Å². The van der Waals surface area contributed by atoms with Gasteiger partial charge in [0.1, 0.15) is 5.75 Å². The summed E-state index contributed by atoms with van der Waals surface area (Å²) >= 11 is 1.49. The fourth-order valence-electron chi connectivity index (χ4n) is 2.69. The van der Waals surface area contributed by atoms with E-state index < -0.39 is 0 Å². The molecule has 0 heterocycles. The van der Waals surface area contributed by atoms with Gasteiger partial charge in [-0.1, -0.05) is 19.1 Å². The lowest BCUT2D eigenvalue weighted by atomic mass is 10.0. The van der Waals surface area contributed by atoms with Crippen molar-refractivity contribution in [3.8, 4) is 17.2 Å². The first-order valence-electron chi connectivity index (χ1n) is 8.85. The van der Waals surface area contributed by atoms with Crippen molar-refractivity contribution < 1.29 is 19.0 Å². The Morgan fingerprint density at radius 2 is 1.67 bits per heavy atom. The van der Waals surface area contributed by atoms with Crippen molar-refractivity contribution in [1.29, 1.82) is 0 Å². The highest BCUT2D eigenvalue weighted by atomic mass is 32.2. The summed E-state index contributed by atoms with van der Waals surface area (Å²) in [6.45, 7) is 3.96. The van der Waals surface area contributed by atoms with Crippen LogP contribution in [0.3, 0.4) is 0 Å². The summed E-state index contributed by atoms with van der Waals surface area (Å²) < 4.78 is 15.8. The molecule has 0 aliphatic carbocycles. The SMILES string of the molecule is CC[C@H](NC(=O)[C@H](C)Sc1ccc(OC)c(OC)c1)c1ccc(OC)cc1. The second-order valence-corrected chi connectivity index (χ2v) is 7.43. The normalized spacial score (nSPS) is 12.8. The molecule has 0 fully saturated rings. The van der Waals surface area contributed by atoms with Gasteiger partial charge in [0.05, 0.1) is 32.6 Å². The fraction of sp³-hybridized carbons (Fsp3) is 0.381. The number of hydrogen-bond donors (Lipinski definition) is 1. The molecule has 0 bridgehead atoms. The number of thioether (sulfide) groups is 1. The van der Waals surface area contributed by atoms with Crippen LogP contribution in [0.25, 0.3) is 0 Å². The van der Waals surface area contributed by atoms with Crippen LogP contribution in [0.15, 0.2) is 47.4 Å². The molecule has 0 aliphatic rings. The number of hydrogen-bond acceptors (Lipinski definition) is 5. The first-order chi connectivity index (χ1) is 13.0. The number of benzene rings is 2. The second kappa shape index (κ2) is 10.1. The van der Waals surface area contributed by atoms with Crippen LogP contribution in [0.4, 0.5) is 0 Å². The zero-order valence-electron chi connectivity index (χ0n) is 16.4. The van der Waals surface area contributed by atoms with Crippen molar-refractivity contribution in [2.24, 2.45) is 0 Å². The van der Waals surface area contributed by atoms with Gasteiger partial charge < -0.3 is 19.5 Å². The molecule has 6 heteroatoms. The Morgan fingerprint density at radius 3 is 2.22 bits per heavy atom. The highest BCUT2D eigenvalue weighted by Gasteiger charge is 2.19. The van der Waals surface area contributed by atoms with Gasteiger partial charge in [-0.05, 0) is 49.2 Å². The summed E-state index contributed by atoms with van der Waals surface area (Å²) in [4.78, 5) is 13.6. The van der Waals surface area contributed by atoms with Crippen LogP contribution >= 0.6 is 11.8 Å². The standard InChI is InChI=1S/C21H27NO4S/c1-6-18(15-7-9-16(24-3)10-8-15)22-21(23)14(2)27-17-11-12-19(25-4)20(13-17)26-5/h7-14,18H,6H2,1-5H3,(H,22,23)/t14-,18-/m0/s1. The van der Waals surface area contributed by atoms with Gasteiger partial charge in [-0.2, -0.15) is 0 Å². The molecule has 146 valence electrons. The van der Waals surface area contributed by atoms with E-state index in [4.69, 9.17) is 14.2 Å². The molecule has 0 saturated carbocycles. The van der Waals surface area contributed by atoms with Gasteiger partial charge in [0, 0.05) is 4.90 Å². The van der Waals surface area contributed by atoms with E-state index in [0.29, 0.717) is 11.5 Å². The molecule has 2 aromatic rings. The maximum atomic E-state index is 12.7. The van der Waals surface area contributed by atoms with Crippen molar-refractivity contribution in [2.45, 2.75) is 36.5 Å². The number of methoxy groups -OCH3 is 3. The molecule has 2 atom stereocenters. The lowest BCUT2D eigenvalue weighted by molar-refractivity contribution is -0.121.